The van der Waals surface area contributed by atoms with Crippen molar-refractivity contribution in [3.8, 4) is 11.5 Å². The Bertz CT molecular complexity index is 570. The van der Waals surface area contributed by atoms with Crippen molar-refractivity contribution in [1.82, 2.24) is 7.81 Å². The Hall–Kier alpha value is -1.18. The van der Waals surface area contributed by atoms with Crippen molar-refractivity contribution in [2.75, 3.05) is 0 Å². The highest BCUT2D eigenvalue weighted by Crippen LogP contribution is 2.27. The zero-order valence-electron chi connectivity index (χ0n) is 11.7. The minimum atomic E-state index is -1.66. The number of hydrogen-bond donors (Lipinski definition) is 0. The maximum Gasteiger partial charge on any atom is 0.271 e. The minimum absolute atomic E-state index is 0.184. The number of benzene rings is 1. The van der Waals surface area contributed by atoms with Crippen LogP contribution in [0.5, 0.6) is 0 Å². The van der Waals surface area contributed by atoms with E-state index in [9.17, 15) is 0 Å². The lowest BCUT2D eigenvalue weighted by molar-refractivity contribution is 0.405. The fourth-order valence-electron chi connectivity index (χ4n) is 1.58. The van der Waals surface area contributed by atoms with E-state index in [0.717, 1.165) is 5.56 Å². The first-order valence-corrected chi connectivity index (χ1v) is 9.85. The van der Waals surface area contributed by atoms with Crippen molar-refractivity contribution in [3.05, 3.63) is 35.9 Å². The number of hydrogen-bond acceptors (Lipinski definition) is 1. The van der Waals surface area contributed by atoms with Gasteiger partial charge in [0.05, 0.1) is 5.54 Å². The highest BCUT2D eigenvalue weighted by molar-refractivity contribution is 7.13. The topological polar surface area (TPSA) is 9.86 Å². The van der Waals surface area contributed by atoms with E-state index in [4.69, 9.17) is 0 Å². The Morgan fingerprint density at radius 1 is 1.11 bits per heavy atom. The quantitative estimate of drug-likeness (QED) is 0.554. The lowest BCUT2D eigenvalue weighted by Gasteiger charge is -2.17. The van der Waals surface area contributed by atoms with Crippen molar-refractivity contribution in [1.29, 1.82) is 0 Å². The molecule has 0 aliphatic rings. The molecule has 0 radical (unpaired) electrons. The van der Waals surface area contributed by atoms with E-state index >= 15 is 0 Å². The summed E-state index contributed by atoms with van der Waals surface area (Å²) in [6.07, 6.45) is 0. The molecule has 0 aliphatic heterocycles. The van der Waals surface area contributed by atoms with E-state index in [2.05, 4.69) is 65.3 Å². The monoisotopic (exact) mass is 276 g/mol. The molecule has 4 heteroatoms. The largest absolute Gasteiger partial charge is 0.271 e. The summed E-state index contributed by atoms with van der Waals surface area (Å²) in [4.78, 5) is 0. The molecule has 2 aromatic rings. The Labute approximate surface area is 115 Å². The van der Waals surface area contributed by atoms with E-state index in [0.29, 0.717) is 0 Å². The van der Waals surface area contributed by atoms with E-state index in [1.807, 2.05) is 29.9 Å². The van der Waals surface area contributed by atoms with Crippen LogP contribution in [-0.4, -0.2) is 16.0 Å². The molecule has 0 fully saturated rings. The number of nitrogens with zero attached hydrogens (tertiary/aromatic N) is 2. The zero-order chi connectivity index (χ0) is 13.4. The fraction of sp³-hybridized carbons (Fsp3) is 0.429. The molecule has 0 spiro atoms. The van der Waals surface area contributed by atoms with Crippen LogP contribution in [0.15, 0.2) is 30.3 Å². The molecule has 0 unspecified atom stereocenters. The highest BCUT2D eigenvalue weighted by atomic mass is 32.1. The number of rotatable bonds is 1. The van der Waals surface area contributed by atoms with Gasteiger partial charge in [-0.05, 0) is 46.0 Å². The van der Waals surface area contributed by atoms with Gasteiger partial charge < -0.3 is 0 Å². The molecule has 0 atom stereocenters. The fourth-order valence-corrected chi connectivity index (χ4v) is 5.28. The van der Waals surface area contributed by atoms with Crippen LogP contribution in [0.2, 0.25) is 13.1 Å². The summed E-state index contributed by atoms with van der Waals surface area (Å²) in [6.45, 7) is 11.3. The summed E-state index contributed by atoms with van der Waals surface area (Å²) in [5.41, 5.74) is 4.78. The normalized spacial score (nSPS) is 12.3. The average molecular weight is 276 g/mol. The van der Waals surface area contributed by atoms with Crippen molar-refractivity contribution in [2.24, 2.45) is 0 Å². The highest BCUT2D eigenvalue weighted by Gasteiger charge is 2.34. The molecule has 2 nitrogen and oxygen atoms in total. The summed E-state index contributed by atoms with van der Waals surface area (Å²) < 4.78 is 4.71. The van der Waals surface area contributed by atoms with Crippen molar-refractivity contribution in [2.45, 2.75) is 39.4 Å². The van der Waals surface area contributed by atoms with Crippen molar-refractivity contribution in [3.63, 3.8) is 0 Å². The van der Waals surface area contributed by atoms with Gasteiger partial charge in [0.15, 0.2) is 0 Å². The predicted octanol–water partition coefficient (Wildman–Crippen LogP) is 3.75. The summed E-state index contributed by atoms with van der Waals surface area (Å²) in [6, 6.07) is 10.2. The van der Waals surface area contributed by atoms with Crippen LogP contribution in [0, 0.1) is 11.5 Å². The van der Waals surface area contributed by atoms with Gasteiger partial charge in [-0.15, -0.1) is 0 Å². The van der Waals surface area contributed by atoms with Crippen LogP contribution in [0.25, 0.3) is 0 Å². The van der Waals surface area contributed by atoms with E-state index in [1.165, 1.54) is 0 Å². The zero-order valence-corrected chi connectivity index (χ0v) is 13.5. The molecule has 0 saturated carbocycles. The Morgan fingerprint density at radius 2 is 1.72 bits per heavy atom. The van der Waals surface area contributed by atoms with Gasteiger partial charge in [-0.1, -0.05) is 29.7 Å². The second-order valence-electron chi connectivity index (χ2n) is 5.97. The second-order valence-corrected chi connectivity index (χ2v) is 10.9. The van der Waals surface area contributed by atoms with Crippen LogP contribution in [0.3, 0.4) is 0 Å². The van der Waals surface area contributed by atoms with Crippen LogP contribution in [0.1, 0.15) is 26.3 Å². The maximum atomic E-state index is 3.49. The Kier molecular flexibility index (Phi) is 3.30. The molecule has 0 aliphatic carbocycles. The third-order valence-electron chi connectivity index (χ3n) is 2.63. The first-order chi connectivity index (χ1) is 8.31. The molecule has 1 aromatic carbocycles. The van der Waals surface area contributed by atoms with E-state index in [-0.39, 0.29) is 5.54 Å². The Balaban J connectivity index is 2.19. The molecule has 2 rings (SSSR count). The number of aromatic nitrogens is 2. The molecule has 0 saturated heterocycles. The average Bonchev–Trinajstić information content (AvgIpc) is 3.08. The minimum Gasteiger partial charge on any atom is -0.233 e. The van der Waals surface area contributed by atoms with Gasteiger partial charge in [-0.25, -0.2) is 7.81 Å². The molecule has 18 heavy (non-hydrogen) atoms. The van der Waals surface area contributed by atoms with Gasteiger partial charge in [-0.2, -0.15) is 0 Å². The molecule has 0 amide bonds. The summed E-state index contributed by atoms with van der Waals surface area (Å²) in [7, 11) is -1.66. The van der Waals surface area contributed by atoms with Crippen LogP contribution >= 0.6 is 11.7 Å². The van der Waals surface area contributed by atoms with Crippen LogP contribution in [-0.2, 0) is 5.54 Å². The van der Waals surface area contributed by atoms with Gasteiger partial charge in [0, 0.05) is 17.3 Å². The molecule has 1 aromatic heterocycles. The molecule has 96 valence electrons. The van der Waals surface area contributed by atoms with E-state index < -0.39 is 8.24 Å². The van der Waals surface area contributed by atoms with Crippen LogP contribution in [0.4, 0.5) is 0 Å². The summed E-state index contributed by atoms with van der Waals surface area (Å²) >= 11 is 1.81. The van der Waals surface area contributed by atoms with E-state index in [1.54, 1.807) is 0 Å². The second kappa shape index (κ2) is 4.49. The van der Waals surface area contributed by atoms with Gasteiger partial charge in [0.1, 0.15) is 0 Å². The SMILES string of the molecule is CC(C)(C)n1sn1[Si](C)(C)C#Cc1ccccc1. The summed E-state index contributed by atoms with van der Waals surface area (Å²) in [5, 5.41) is 0. The molecular weight excluding hydrogens is 256 g/mol. The lowest BCUT2D eigenvalue weighted by atomic mass is 10.1. The van der Waals surface area contributed by atoms with Gasteiger partial charge >= 0.3 is 0 Å². The van der Waals surface area contributed by atoms with Crippen LogP contribution < -0.4 is 0 Å². The molecule has 1 heterocycles. The molecule has 0 bridgehead atoms. The first kappa shape index (κ1) is 13.3. The van der Waals surface area contributed by atoms with Crippen molar-refractivity contribution >= 4 is 20.0 Å². The Morgan fingerprint density at radius 3 is 2.22 bits per heavy atom. The molecule has 0 N–H and O–H groups in total. The van der Waals surface area contributed by atoms with Gasteiger partial charge in [0.2, 0.25) is 0 Å². The third kappa shape index (κ3) is 2.98. The smallest absolute Gasteiger partial charge is 0.233 e. The van der Waals surface area contributed by atoms with Gasteiger partial charge in [0.25, 0.3) is 8.24 Å². The third-order valence-corrected chi connectivity index (χ3v) is 7.32. The standard InChI is InChI=1S/C14H20N2SSi/c1-14(2,3)15-16(17-15)18(4,5)12-11-13-9-7-6-8-10-13/h6-10H,1-5H3. The maximum absolute atomic E-state index is 3.49. The van der Waals surface area contributed by atoms with Crippen molar-refractivity contribution < 1.29 is 0 Å². The predicted molar refractivity (Wildman–Crippen MR) is 81.5 cm³/mol. The molecular formula is C14H20N2SSi. The summed E-state index contributed by atoms with van der Waals surface area (Å²) in [5.74, 6) is 3.31. The van der Waals surface area contributed by atoms with Gasteiger partial charge in [-0.3, -0.25) is 0 Å². The first-order valence-electron chi connectivity index (χ1n) is 6.17. The lowest BCUT2D eigenvalue weighted by Crippen LogP contribution is -2.35.